The number of carbonyl (C=O) groups excluding carboxylic acids is 1. The van der Waals surface area contributed by atoms with E-state index in [1.807, 2.05) is 0 Å². The fourth-order valence-corrected chi connectivity index (χ4v) is 1.70. The van der Waals surface area contributed by atoms with Crippen LogP contribution in [0.25, 0.3) is 0 Å². The Hall–Kier alpha value is -2.09. The molecule has 0 aromatic carbocycles. The van der Waals surface area contributed by atoms with E-state index >= 15 is 0 Å². The van der Waals surface area contributed by atoms with E-state index in [0.29, 0.717) is 17.9 Å². The highest BCUT2D eigenvalue weighted by Gasteiger charge is 2.17. The van der Waals surface area contributed by atoms with Crippen molar-refractivity contribution >= 4 is 11.7 Å². The number of nitrogens with zero attached hydrogens (tertiary/aromatic N) is 3. The van der Waals surface area contributed by atoms with Gasteiger partial charge in [0.05, 0.1) is 17.6 Å². The molecule has 0 bridgehead atoms. The van der Waals surface area contributed by atoms with Crippen molar-refractivity contribution in [2.75, 3.05) is 25.5 Å². The van der Waals surface area contributed by atoms with Crippen LogP contribution in [-0.4, -0.2) is 35.9 Å². The highest BCUT2D eigenvalue weighted by atomic mass is 16.2. The maximum atomic E-state index is 12.3. The van der Waals surface area contributed by atoms with Gasteiger partial charge in [0.2, 0.25) is 0 Å². The first-order valence-electron chi connectivity index (χ1n) is 6.44. The Balaban J connectivity index is 2.84. The van der Waals surface area contributed by atoms with Gasteiger partial charge in [-0.2, -0.15) is 5.26 Å². The van der Waals surface area contributed by atoms with Crippen molar-refractivity contribution in [3.63, 3.8) is 0 Å². The Bertz CT molecular complexity index is 467. The molecule has 1 aromatic rings. The molecular formula is C14H20N4O. The average molecular weight is 260 g/mol. The van der Waals surface area contributed by atoms with Crippen molar-refractivity contribution in [1.82, 2.24) is 9.88 Å². The number of hydrogen-bond acceptors (Lipinski definition) is 4. The molecule has 0 fully saturated rings. The van der Waals surface area contributed by atoms with Crippen molar-refractivity contribution in [3.05, 3.63) is 23.9 Å². The molecule has 0 radical (unpaired) electrons. The van der Waals surface area contributed by atoms with E-state index in [4.69, 9.17) is 5.26 Å². The summed E-state index contributed by atoms with van der Waals surface area (Å²) in [5.41, 5.74) is 0.545. The SMILES string of the molecule is CCCNc1ncccc1C(=O)N(C)CC(C)C#N. The first-order valence-corrected chi connectivity index (χ1v) is 6.44. The minimum absolute atomic E-state index is 0.117. The molecule has 5 nitrogen and oxygen atoms in total. The van der Waals surface area contributed by atoms with Crippen LogP contribution in [-0.2, 0) is 0 Å². The highest BCUT2D eigenvalue weighted by Crippen LogP contribution is 2.14. The average Bonchev–Trinajstić information content (AvgIpc) is 2.44. The van der Waals surface area contributed by atoms with Crippen LogP contribution in [0.15, 0.2) is 18.3 Å². The van der Waals surface area contributed by atoms with Crippen LogP contribution in [0.1, 0.15) is 30.6 Å². The molecular weight excluding hydrogens is 240 g/mol. The zero-order valence-corrected chi connectivity index (χ0v) is 11.7. The smallest absolute Gasteiger partial charge is 0.257 e. The third-order valence-electron chi connectivity index (χ3n) is 2.70. The van der Waals surface area contributed by atoms with Gasteiger partial charge in [-0.05, 0) is 25.5 Å². The summed E-state index contributed by atoms with van der Waals surface area (Å²) in [6.07, 6.45) is 2.62. The van der Waals surface area contributed by atoms with Crippen LogP contribution in [0.3, 0.4) is 0 Å². The minimum Gasteiger partial charge on any atom is -0.369 e. The lowest BCUT2D eigenvalue weighted by atomic mass is 10.1. The quantitative estimate of drug-likeness (QED) is 0.850. The second-order valence-corrected chi connectivity index (χ2v) is 4.54. The van der Waals surface area contributed by atoms with E-state index < -0.39 is 0 Å². The molecule has 0 spiro atoms. The molecule has 0 aliphatic heterocycles. The van der Waals surface area contributed by atoms with Crippen molar-refractivity contribution in [1.29, 1.82) is 5.26 Å². The topological polar surface area (TPSA) is 69.0 Å². The molecule has 102 valence electrons. The van der Waals surface area contributed by atoms with Crippen LogP contribution >= 0.6 is 0 Å². The lowest BCUT2D eigenvalue weighted by molar-refractivity contribution is 0.0785. The largest absolute Gasteiger partial charge is 0.369 e. The molecule has 1 N–H and O–H groups in total. The van der Waals surface area contributed by atoms with Crippen molar-refractivity contribution < 1.29 is 4.79 Å². The minimum atomic E-state index is -0.183. The van der Waals surface area contributed by atoms with Gasteiger partial charge in [0.15, 0.2) is 0 Å². The predicted octanol–water partition coefficient (Wildman–Crippen LogP) is 2.14. The molecule has 5 heteroatoms. The summed E-state index contributed by atoms with van der Waals surface area (Å²) in [5, 5.41) is 11.9. The van der Waals surface area contributed by atoms with Crippen molar-refractivity contribution in [2.45, 2.75) is 20.3 Å². The Morgan fingerprint density at radius 1 is 1.63 bits per heavy atom. The third kappa shape index (κ3) is 4.25. The standard InChI is InChI=1S/C14H20N4O/c1-4-7-16-13-12(6-5-8-17-13)14(19)18(3)10-11(2)9-15/h5-6,8,11H,4,7,10H2,1-3H3,(H,16,17). The number of amides is 1. The summed E-state index contributed by atoms with van der Waals surface area (Å²) in [5.74, 6) is 0.303. The molecule has 0 aliphatic carbocycles. The Labute approximate surface area is 114 Å². The summed E-state index contributed by atoms with van der Waals surface area (Å²) >= 11 is 0. The fraction of sp³-hybridized carbons (Fsp3) is 0.500. The molecule has 1 rings (SSSR count). The molecule has 0 aliphatic rings. The predicted molar refractivity (Wildman–Crippen MR) is 74.8 cm³/mol. The molecule has 1 unspecified atom stereocenters. The van der Waals surface area contributed by atoms with Gasteiger partial charge in [0, 0.05) is 26.3 Å². The summed E-state index contributed by atoms with van der Waals surface area (Å²) in [7, 11) is 1.70. The lowest BCUT2D eigenvalue weighted by Crippen LogP contribution is -2.31. The third-order valence-corrected chi connectivity index (χ3v) is 2.70. The number of rotatable bonds is 6. The number of pyridine rings is 1. The number of nitriles is 1. The molecule has 19 heavy (non-hydrogen) atoms. The summed E-state index contributed by atoms with van der Waals surface area (Å²) in [6.45, 7) is 5.04. The van der Waals surface area contributed by atoms with E-state index in [9.17, 15) is 4.79 Å². The van der Waals surface area contributed by atoms with Gasteiger partial charge < -0.3 is 10.2 Å². The summed E-state index contributed by atoms with van der Waals surface area (Å²) in [4.78, 5) is 18.1. The first kappa shape index (κ1) is 15.0. The number of nitrogens with one attached hydrogen (secondary N) is 1. The maximum absolute atomic E-state index is 12.3. The molecule has 1 atom stereocenters. The Morgan fingerprint density at radius 3 is 3.00 bits per heavy atom. The molecule has 1 aromatic heterocycles. The van der Waals surface area contributed by atoms with Gasteiger partial charge in [-0.1, -0.05) is 6.92 Å². The second-order valence-electron chi connectivity index (χ2n) is 4.54. The summed E-state index contributed by atoms with van der Waals surface area (Å²) < 4.78 is 0. The van der Waals surface area contributed by atoms with Gasteiger partial charge in [-0.25, -0.2) is 4.98 Å². The molecule has 0 saturated heterocycles. The van der Waals surface area contributed by atoms with Gasteiger partial charge in [0.1, 0.15) is 5.82 Å². The van der Waals surface area contributed by atoms with Crippen LogP contribution in [0.4, 0.5) is 5.82 Å². The highest BCUT2D eigenvalue weighted by molar-refractivity contribution is 5.98. The zero-order valence-electron chi connectivity index (χ0n) is 11.7. The second kappa shape index (κ2) is 7.37. The fourth-order valence-electron chi connectivity index (χ4n) is 1.70. The number of hydrogen-bond donors (Lipinski definition) is 1. The van der Waals surface area contributed by atoms with Crippen LogP contribution in [0.2, 0.25) is 0 Å². The van der Waals surface area contributed by atoms with Crippen molar-refractivity contribution in [2.24, 2.45) is 5.92 Å². The lowest BCUT2D eigenvalue weighted by Gasteiger charge is -2.19. The Morgan fingerprint density at radius 2 is 2.37 bits per heavy atom. The van der Waals surface area contributed by atoms with E-state index in [1.165, 1.54) is 0 Å². The molecule has 1 amide bonds. The van der Waals surface area contributed by atoms with Gasteiger partial charge in [0.25, 0.3) is 5.91 Å². The monoisotopic (exact) mass is 260 g/mol. The van der Waals surface area contributed by atoms with E-state index in [2.05, 4.69) is 23.3 Å². The van der Waals surface area contributed by atoms with Gasteiger partial charge in [-0.15, -0.1) is 0 Å². The van der Waals surface area contributed by atoms with E-state index in [0.717, 1.165) is 13.0 Å². The van der Waals surface area contributed by atoms with Crippen LogP contribution < -0.4 is 5.32 Å². The summed E-state index contributed by atoms with van der Waals surface area (Å²) in [6, 6.07) is 5.62. The number of carbonyl (C=O) groups is 1. The molecule has 1 heterocycles. The van der Waals surface area contributed by atoms with Gasteiger partial charge in [-0.3, -0.25) is 4.79 Å². The normalized spacial score (nSPS) is 11.5. The van der Waals surface area contributed by atoms with E-state index in [1.54, 1.807) is 37.2 Å². The van der Waals surface area contributed by atoms with E-state index in [-0.39, 0.29) is 11.8 Å². The number of aromatic nitrogens is 1. The molecule has 0 saturated carbocycles. The van der Waals surface area contributed by atoms with Gasteiger partial charge >= 0.3 is 0 Å². The van der Waals surface area contributed by atoms with Crippen LogP contribution in [0.5, 0.6) is 0 Å². The maximum Gasteiger partial charge on any atom is 0.257 e. The first-order chi connectivity index (χ1) is 9.10. The van der Waals surface area contributed by atoms with Crippen LogP contribution in [0, 0.1) is 17.2 Å². The van der Waals surface area contributed by atoms with Crippen molar-refractivity contribution in [3.8, 4) is 6.07 Å². The Kier molecular flexibility index (Phi) is 5.80. The zero-order chi connectivity index (χ0) is 14.3. The number of anilines is 1.